The molecule has 3 aromatic rings. The van der Waals surface area contributed by atoms with Gasteiger partial charge in [0.1, 0.15) is 12.4 Å². The van der Waals surface area contributed by atoms with Crippen LogP contribution in [0.15, 0.2) is 41.8 Å². The highest BCUT2D eigenvalue weighted by Gasteiger charge is 2.46. The van der Waals surface area contributed by atoms with Crippen molar-refractivity contribution in [3.05, 3.63) is 64.0 Å². The summed E-state index contributed by atoms with van der Waals surface area (Å²) in [6.07, 6.45) is 2.18. The Hall–Kier alpha value is -3.45. The molecular formula is C32H36N4O4S. The molecule has 3 fully saturated rings. The first-order valence-corrected chi connectivity index (χ1v) is 15.3. The molecule has 9 heteroatoms. The van der Waals surface area contributed by atoms with Gasteiger partial charge in [-0.1, -0.05) is 23.8 Å². The van der Waals surface area contributed by atoms with E-state index in [0.717, 1.165) is 91.0 Å². The predicted octanol–water partition coefficient (Wildman–Crippen LogP) is 5.34. The molecule has 6 rings (SSSR count). The van der Waals surface area contributed by atoms with Crippen molar-refractivity contribution in [3.63, 3.8) is 0 Å². The van der Waals surface area contributed by atoms with Crippen molar-refractivity contribution < 1.29 is 19.4 Å². The Morgan fingerprint density at radius 3 is 2.73 bits per heavy atom. The van der Waals surface area contributed by atoms with Crippen LogP contribution in [0.2, 0.25) is 0 Å². The number of carbonyl (C=O) groups is 1. The van der Waals surface area contributed by atoms with E-state index in [9.17, 15) is 15.2 Å². The Balaban J connectivity index is 1.16. The Bertz CT molecular complexity index is 1450. The molecule has 0 radical (unpaired) electrons. The quantitative estimate of drug-likeness (QED) is 0.386. The summed E-state index contributed by atoms with van der Waals surface area (Å²) in [4.78, 5) is 21.4. The van der Waals surface area contributed by atoms with Crippen LogP contribution in [0.1, 0.15) is 42.0 Å². The number of benzene rings is 2. The molecule has 41 heavy (non-hydrogen) atoms. The number of aliphatic carboxylic acids is 1. The zero-order valence-corrected chi connectivity index (χ0v) is 24.4. The maximum atomic E-state index is 11.8. The van der Waals surface area contributed by atoms with E-state index in [0.29, 0.717) is 5.56 Å². The number of fused-ring (bicyclic) bond motifs is 2. The Morgan fingerprint density at radius 1 is 1.20 bits per heavy atom. The van der Waals surface area contributed by atoms with Crippen molar-refractivity contribution in [2.45, 2.75) is 45.9 Å². The number of nitrogens with zero attached hydrogens (tertiary/aromatic N) is 4. The Morgan fingerprint density at radius 2 is 2.00 bits per heavy atom. The van der Waals surface area contributed by atoms with Crippen molar-refractivity contribution in [3.8, 4) is 23.1 Å². The smallest absolute Gasteiger partial charge is 0.307 e. The fourth-order valence-electron chi connectivity index (χ4n) is 6.68. The van der Waals surface area contributed by atoms with Crippen LogP contribution in [-0.2, 0) is 22.7 Å². The van der Waals surface area contributed by atoms with Gasteiger partial charge in [0, 0.05) is 49.2 Å². The number of piperidine rings is 1. The minimum atomic E-state index is -0.653. The first-order valence-electron chi connectivity index (χ1n) is 14.4. The fourth-order valence-corrected chi connectivity index (χ4v) is 7.53. The minimum absolute atomic E-state index is 0.189. The summed E-state index contributed by atoms with van der Waals surface area (Å²) in [5, 5.41) is 22.6. The standard InChI is InChI=1S/C32H36N4O4S/c1-20-3-8-29(40-18-25-5-4-22(12-26(25)13-33)15-35-9-10-39-21(2)14-35)27(11-20)28-19-41-32(34-28)36-16-23-6-7-24(17-36)30(23)31(37)38/h3-5,8,11-12,19,21,23-24,30H,6-7,9-10,14-18H2,1-2H3,(H,37,38)/t21?,23-,24?,30?/m0/s1. The van der Waals surface area contributed by atoms with Gasteiger partial charge in [-0.15, -0.1) is 11.3 Å². The average Bonchev–Trinajstić information content (AvgIpc) is 3.55. The first-order chi connectivity index (χ1) is 19.9. The van der Waals surface area contributed by atoms with Gasteiger partial charge in [0.25, 0.3) is 0 Å². The molecule has 0 amide bonds. The second kappa shape index (κ2) is 11.8. The van der Waals surface area contributed by atoms with E-state index < -0.39 is 5.97 Å². The third kappa shape index (κ3) is 5.96. The largest absolute Gasteiger partial charge is 0.488 e. The second-order valence-electron chi connectivity index (χ2n) is 11.7. The minimum Gasteiger partial charge on any atom is -0.488 e. The highest BCUT2D eigenvalue weighted by Crippen LogP contribution is 2.44. The number of carboxylic acids is 1. The Labute approximate surface area is 245 Å². The molecule has 1 aliphatic carbocycles. The highest BCUT2D eigenvalue weighted by molar-refractivity contribution is 7.14. The third-order valence-electron chi connectivity index (χ3n) is 8.70. The summed E-state index contributed by atoms with van der Waals surface area (Å²) in [6.45, 7) is 9.25. The zero-order chi connectivity index (χ0) is 28.5. The van der Waals surface area contributed by atoms with Gasteiger partial charge in [0.05, 0.1) is 36.0 Å². The number of anilines is 1. The lowest BCUT2D eigenvalue weighted by molar-refractivity contribution is -0.144. The van der Waals surface area contributed by atoms with E-state index in [2.05, 4.69) is 47.2 Å². The van der Waals surface area contributed by atoms with E-state index in [-0.39, 0.29) is 30.5 Å². The predicted molar refractivity (Wildman–Crippen MR) is 158 cm³/mol. The number of morpholine rings is 1. The monoisotopic (exact) mass is 572 g/mol. The Kier molecular flexibility index (Phi) is 7.98. The summed E-state index contributed by atoms with van der Waals surface area (Å²) >= 11 is 1.60. The molecule has 8 nitrogen and oxygen atoms in total. The fraction of sp³-hybridized carbons (Fsp3) is 0.469. The molecule has 1 aromatic heterocycles. The summed E-state index contributed by atoms with van der Waals surface area (Å²) in [7, 11) is 0. The lowest BCUT2D eigenvalue weighted by Gasteiger charge is -2.35. The molecule has 2 aliphatic heterocycles. The summed E-state index contributed by atoms with van der Waals surface area (Å²) in [6, 6.07) is 14.5. The van der Waals surface area contributed by atoms with Gasteiger partial charge in [-0.25, -0.2) is 4.98 Å². The maximum absolute atomic E-state index is 11.8. The topological polar surface area (TPSA) is 98.9 Å². The summed E-state index contributed by atoms with van der Waals surface area (Å²) < 4.78 is 12.0. The van der Waals surface area contributed by atoms with Crippen LogP contribution in [0.3, 0.4) is 0 Å². The molecule has 3 unspecified atom stereocenters. The number of aromatic nitrogens is 1. The number of aryl methyl sites for hydroxylation is 1. The van der Waals surface area contributed by atoms with Crippen molar-refractivity contribution >= 4 is 22.4 Å². The van der Waals surface area contributed by atoms with Crippen LogP contribution in [0.4, 0.5) is 5.13 Å². The number of nitriles is 1. The van der Waals surface area contributed by atoms with Crippen LogP contribution >= 0.6 is 11.3 Å². The van der Waals surface area contributed by atoms with Gasteiger partial charge in [0.15, 0.2) is 5.13 Å². The summed E-state index contributed by atoms with van der Waals surface area (Å²) in [5.74, 6) is 0.231. The molecule has 3 heterocycles. The second-order valence-corrected chi connectivity index (χ2v) is 12.5. The molecule has 1 N–H and O–H groups in total. The van der Waals surface area contributed by atoms with E-state index in [1.165, 1.54) is 0 Å². The van der Waals surface area contributed by atoms with Crippen LogP contribution in [0.5, 0.6) is 5.75 Å². The molecule has 214 valence electrons. The summed E-state index contributed by atoms with van der Waals surface area (Å²) in [5.41, 5.74) is 5.49. The van der Waals surface area contributed by atoms with Crippen molar-refractivity contribution in [1.29, 1.82) is 5.26 Å². The van der Waals surface area contributed by atoms with Crippen LogP contribution in [-0.4, -0.2) is 59.8 Å². The number of ether oxygens (including phenoxy) is 2. The third-order valence-corrected chi connectivity index (χ3v) is 9.60. The van der Waals surface area contributed by atoms with Crippen LogP contribution in [0.25, 0.3) is 11.3 Å². The molecule has 2 bridgehead atoms. The van der Waals surface area contributed by atoms with Gasteiger partial charge in [0.2, 0.25) is 0 Å². The van der Waals surface area contributed by atoms with Gasteiger partial charge >= 0.3 is 5.97 Å². The lowest BCUT2D eigenvalue weighted by Crippen LogP contribution is -2.44. The molecule has 2 saturated heterocycles. The number of hydrogen-bond acceptors (Lipinski definition) is 8. The zero-order valence-electron chi connectivity index (χ0n) is 23.6. The number of thiazole rings is 1. The van der Waals surface area contributed by atoms with E-state index in [1.807, 2.05) is 24.3 Å². The first kappa shape index (κ1) is 27.7. The van der Waals surface area contributed by atoms with Gasteiger partial charge in [-0.2, -0.15) is 5.26 Å². The van der Waals surface area contributed by atoms with Gasteiger partial charge in [-0.3, -0.25) is 9.69 Å². The van der Waals surface area contributed by atoms with Crippen molar-refractivity contribution in [2.75, 3.05) is 37.7 Å². The molecule has 1 saturated carbocycles. The van der Waals surface area contributed by atoms with E-state index >= 15 is 0 Å². The molecule has 0 spiro atoms. The van der Waals surface area contributed by atoms with E-state index in [1.54, 1.807) is 11.3 Å². The highest BCUT2D eigenvalue weighted by atomic mass is 32.1. The van der Waals surface area contributed by atoms with E-state index in [4.69, 9.17) is 14.5 Å². The average molecular weight is 573 g/mol. The number of carboxylic acid groups (broad SMARTS) is 1. The normalized spacial score (nSPS) is 24.3. The van der Waals surface area contributed by atoms with Crippen LogP contribution in [0, 0.1) is 36.0 Å². The number of hydrogen-bond donors (Lipinski definition) is 1. The molecular weight excluding hydrogens is 536 g/mol. The molecule has 3 aliphatic rings. The number of rotatable bonds is 8. The van der Waals surface area contributed by atoms with Crippen molar-refractivity contribution in [1.82, 2.24) is 9.88 Å². The molecule has 4 atom stereocenters. The van der Waals surface area contributed by atoms with Gasteiger partial charge < -0.3 is 19.5 Å². The maximum Gasteiger partial charge on any atom is 0.307 e. The van der Waals surface area contributed by atoms with Gasteiger partial charge in [-0.05, 0) is 62.3 Å². The van der Waals surface area contributed by atoms with Crippen LogP contribution < -0.4 is 9.64 Å². The SMILES string of the molecule is Cc1ccc(OCc2ccc(CN3CCOC(C)C3)cc2C#N)c(-c2csc(N3CC4CC[C@@H](C3)C4C(=O)O)n2)c1. The lowest BCUT2D eigenvalue weighted by atomic mass is 9.85. The van der Waals surface area contributed by atoms with Crippen molar-refractivity contribution in [2.24, 2.45) is 17.8 Å². The molecule has 2 aromatic carbocycles.